The fraction of sp³-hybridized carbons (Fsp3) is 0.355. The highest BCUT2D eigenvalue weighted by Crippen LogP contribution is 2.63. The quantitative estimate of drug-likeness (QED) is 0.282. The number of rotatable bonds is 4. The number of hydrogen-bond acceptors (Lipinski definition) is 6. The first kappa shape index (κ1) is 24.7. The predicted molar refractivity (Wildman–Crippen MR) is 154 cm³/mol. The molecule has 4 aliphatic rings. The number of halogens is 3. The molecular formula is C31H25ClF2N6O2. The summed E-state index contributed by atoms with van der Waals surface area (Å²) in [6.07, 6.45) is 6.37. The Morgan fingerprint density at radius 2 is 2.07 bits per heavy atom. The second-order valence-electron chi connectivity index (χ2n) is 12.2. The summed E-state index contributed by atoms with van der Waals surface area (Å²) in [4.78, 5) is 28.4. The predicted octanol–water partition coefficient (Wildman–Crippen LogP) is 5.67. The smallest absolute Gasteiger partial charge is 0.296 e. The van der Waals surface area contributed by atoms with Crippen molar-refractivity contribution in [2.75, 3.05) is 19.7 Å². The molecule has 9 rings (SSSR count). The minimum Gasteiger partial charge on any atom is -0.463 e. The molecule has 2 atom stereocenters. The first-order valence-electron chi connectivity index (χ1n) is 14.3. The first-order chi connectivity index (χ1) is 20.4. The molecule has 5 heterocycles. The lowest BCUT2D eigenvalue weighted by atomic mass is 9.88. The molecule has 42 heavy (non-hydrogen) atoms. The van der Waals surface area contributed by atoms with Crippen LogP contribution in [0.3, 0.4) is 0 Å². The molecule has 1 saturated carbocycles. The van der Waals surface area contributed by atoms with E-state index in [-0.39, 0.29) is 28.7 Å². The van der Waals surface area contributed by atoms with Gasteiger partial charge >= 0.3 is 0 Å². The van der Waals surface area contributed by atoms with Crippen LogP contribution in [0.2, 0.25) is 5.02 Å². The normalized spacial score (nSPS) is 23.5. The van der Waals surface area contributed by atoms with Gasteiger partial charge in [0.05, 0.1) is 39.2 Å². The molecule has 0 unspecified atom stereocenters. The Balaban J connectivity index is 1.20. The highest BCUT2D eigenvalue weighted by atomic mass is 35.5. The summed E-state index contributed by atoms with van der Waals surface area (Å²) >= 11 is 6.61. The number of pyridine rings is 1. The maximum atomic E-state index is 14.8. The Kier molecular flexibility index (Phi) is 4.91. The zero-order valence-electron chi connectivity index (χ0n) is 22.4. The number of ether oxygens (including phenoxy) is 1. The molecule has 212 valence electrons. The van der Waals surface area contributed by atoms with Crippen LogP contribution in [-0.2, 0) is 5.41 Å². The van der Waals surface area contributed by atoms with Crippen LogP contribution >= 0.6 is 11.6 Å². The molecule has 2 N–H and O–H groups in total. The number of aromatic nitrogens is 5. The maximum Gasteiger partial charge on any atom is 0.296 e. The second kappa shape index (κ2) is 8.35. The average molecular weight is 587 g/mol. The minimum atomic E-state index is -0.867. The van der Waals surface area contributed by atoms with Gasteiger partial charge in [0.1, 0.15) is 18.6 Å². The lowest BCUT2D eigenvalue weighted by molar-refractivity contribution is 0.107. The molecular weight excluding hydrogens is 562 g/mol. The number of alkyl halides is 1. The Bertz CT molecular complexity index is 2040. The average Bonchev–Trinajstić information content (AvgIpc) is 3.20. The Labute approximate surface area is 243 Å². The van der Waals surface area contributed by atoms with Gasteiger partial charge in [-0.25, -0.2) is 13.8 Å². The van der Waals surface area contributed by atoms with Crippen LogP contribution in [0, 0.1) is 5.82 Å². The van der Waals surface area contributed by atoms with E-state index >= 15 is 0 Å². The van der Waals surface area contributed by atoms with E-state index in [0.717, 1.165) is 59.6 Å². The molecule has 0 radical (unpaired) electrons. The third kappa shape index (κ3) is 3.19. The molecule has 0 amide bonds. The van der Waals surface area contributed by atoms with Crippen LogP contribution in [0.25, 0.3) is 44.1 Å². The Morgan fingerprint density at radius 1 is 1.19 bits per heavy atom. The van der Waals surface area contributed by atoms with Crippen LogP contribution in [-0.4, -0.2) is 61.5 Å². The number of fused-ring (bicyclic) bond motifs is 8. The van der Waals surface area contributed by atoms with E-state index in [1.54, 1.807) is 18.5 Å². The zero-order valence-corrected chi connectivity index (χ0v) is 23.2. The van der Waals surface area contributed by atoms with E-state index in [9.17, 15) is 13.6 Å². The van der Waals surface area contributed by atoms with Crippen molar-refractivity contribution in [2.45, 2.75) is 49.2 Å². The summed E-state index contributed by atoms with van der Waals surface area (Å²) in [7, 11) is 0. The summed E-state index contributed by atoms with van der Waals surface area (Å²) < 4.78 is 35.3. The van der Waals surface area contributed by atoms with Crippen molar-refractivity contribution in [3.8, 4) is 28.4 Å². The van der Waals surface area contributed by atoms with Gasteiger partial charge in [-0.05, 0) is 66.9 Å². The van der Waals surface area contributed by atoms with Gasteiger partial charge in [0, 0.05) is 40.9 Å². The number of nitrogens with zero attached hydrogens (tertiary/aromatic N) is 4. The van der Waals surface area contributed by atoms with Crippen LogP contribution < -0.4 is 10.3 Å². The molecule has 0 bridgehead atoms. The van der Waals surface area contributed by atoms with Crippen molar-refractivity contribution in [1.82, 2.24) is 30.0 Å². The zero-order chi connectivity index (χ0) is 28.4. The maximum absolute atomic E-state index is 14.8. The number of hydrogen-bond donors (Lipinski definition) is 2. The molecule has 2 saturated heterocycles. The molecule has 8 nitrogen and oxygen atoms in total. The highest BCUT2D eigenvalue weighted by molar-refractivity contribution is 6.38. The van der Waals surface area contributed by atoms with Gasteiger partial charge in [-0.1, -0.05) is 17.7 Å². The van der Waals surface area contributed by atoms with Gasteiger partial charge in [0.25, 0.3) is 11.6 Å². The van der Waals surface area contributed by atoms with Crippen LogP contribution in [0.1, 0.15) is 43.4 Å². The molecule has 3 aromatic heterocycles. The summed E-state index contributed by atoms with van der Waals surface area (Å²) in [6.45, 7) is 1.57. The van der Waals surface area contributed by atoms with Crippen molar-refractivity contribution < 1.29 is 13.5 Å². The highest BCUT2D eigenvalue weighted by Gasteiger charge is 2.57. The van der Waals surface area contributed by atoms with Crippen molar-refractivity contribution in [1.29, 1.82) is 0 Å². The number of aromatic amines is 2. The van der Waals surface area contributed by atoms with Gasteiger partial charge in [0.15, 0.2) is 0 Å². The first-order valence-corrected chi connectivity index (χ1v) is 14.7. The standard InChI is InChI=1S/C31H25ClF2N6O2/c32-25-19(34)3-2-15-10-20-18(12-36-39-20)22(21(15)25)26-24-17(4-8-35-26)23-27(31(24)6-7-31)37-29(38-28(23)41)42-14-30-5-1-9-40(30)13-16(33)11-30/h2-4,8,10,12,16H,1,5-7,9,11,13-14H2,(H,36,39)(H,37,38,41)/t16-,30+/m1/s1. The summed E-state index contributed by atoms with van der Waals surface area (Å²) in [5, 5.41) is 9.35. The summed E-state index contributed by atoms with van der Waals surface area (Å²) in [5.41, 5.74) is 3.74. The fourth-order valence-corrected chi connectivity index (χ4v) is 8.19. The third-order valence-electron chi connectivity index (χ3n) is 9.89. The third-order valence-corrected chi connectivity index (χ3v) is 10.3. The molecule has 2 aliphatic carbocycles. The van der Waals surface area contributed by atoms with E-state index in [0.29, 0.717) is 40.9 Å². The molecule has 2 aliphatic heterocycles. The molecule has 2 aromatic carbocycles. The van der Waals surface area contributed by atoms with Gasteiger partial charge < -0.3 is 4.74 Å². The van der Waals surface area contributed by atoms with E-state index < -0.39 is 17.4 Å². The SMILES string of the molecule is O=c1[nH]c(OC[C@@]23CCCN2C[C@H](F)C3)nc2c1-c1ccnc(-c3c4cn[nH]c4cc4ccc(F)c(Cl)c34)c1C21CC1. The molecule has 5 aromatic rings. The van der Waals surface area contributed by atoms with Crippen molar-refractivity contribution in [2.24, 2.45) is 0 Å². The van der Waals surface area contributed by atoms with Crippen molar-refractivity contribution in [3.63, 3.8) is 0 Å². The van der Waals surface area contributed by atoms with Crippen LogP contribution in [0.4, 0.5) is 8.78 Å². The Hall–Kier alpha value is -3.89. The van der Waals surface area contributed by atoms with Gasteiger partial charge in [-0.15, -0.1) is 0 Å². The van der Waals surface area contributed by atoms with E-state index in [1.165, 1.54) is 6.07 Å². The lowest BCUT2D eigenvalue weighted by Gasteiger charge is -2.30. The van der Waals surface area contributed by atoms with Crippen LogP contribution in [0.5, 0.6) is 6.01 Å². The van der Waals surface area contributed by atoms with Crippen molar-refractivity contribution in [3.05, 3.63) is 69.1 Å². The molecule has 1 spiro atoms. The number of nitrogens with one attached hydrogen (secondary N) is 2. The summed E-state index contributed by atoms with van der Waals surface area (Å²) in [5.74, 6) is -0.521. The molecule has 3 fully saturated rings. The van der Waals surface area contributed by atoms with Gasteiger partial charge in [-0.3, -0.25) is 24.8 Å². The fourth-order valence-electron chi connectivity index (χ4n) is 7.92. The topological polar surface area (TPSA) is 99.8 Å². The van der Waals surface area contributed by atoms with E-state index in [4.69, 9.17) is 26.3 Å². The van der Waals surface area contributed by atoms with Gasteiger partial charge in [0.2, 0.25) is 0 Å². The lowest BCUT2D eigenvalue weighted by Crippen LogP contribution is -2.43. The second-order valence-corrected chi connectivity index (χ2v) is 12.5. The molecule has 11 heteroatoms. The van der Waals surface area contributed by atoms with Crippen molar-refractivity contribution >= 4 is 33.3 Å². The minimum absolute atomic E-state index is 0.0137. The number of H-pyrrole nitrogens is 2. The van der Waals surface area contributed by atoms with Crippen LogP contribution in [0.15, 0.2) is 41.5 Å². The Morgan fingerprint density at radius 3 is 2.93 bits per heavy atom. The van der Waals surface area contributed by atoms with Gasteiger partial charge in [-0.2, -0.15) is 5.10 Å². The monoisotopic (exact) mass is 586 g/mol. The largest absolute Gasteiger partial charge is 0.463 e. The number of benzene rings is 2. The van der Waals surface area contributed by atoms with E-state index in [1.807, 2.05) is 12.1 Å². The summed E-state index contributed by atoms with van der Waals surface area (Å²) in [6, 6.07) is 6.95. The van der Waals surface area contributed by atoms with E-state index in [2.05, 4.69) is 20.1 Å².